The lowest BCUT2D eigenvalue weighted by Gasteiger charge is -2.37. The average Bonchev–Trinajstić information content (AvgIpc) is 2.70. The maximum Gasteiger partial charge on any atom is 0.471 e. The largest absolute Gasteiger partial charge is 0.471 e. The number of fused-ring (bicyclic) bond motifs is 1. The smallest absolute Gasteiger partial charge is 0.301 e. The Morgan fingerprint density at radius 3 is 1.84 bits per heavy atom. The van der Waals surface area contributed by atoms with Crippen LogP contribution in [0, 0.1) is 0 Å². The first-order valence-electron chi connectivity index (χ1n) is 9.65. The summed E-state index contributed by atoms with van der Waals surface area (Å²) in [5.74, 6) is -4.72. The first-order valence-corrected chi connectivity index (χ1v) is 11.1. The number of alkyl halides is 6. The van der Waals surface area contributed by atoms with E-state index >= 15 is 0 Å². The molecule has 3 rings (SSSR count). The molecule has 1 saturated carbocycles. The second-order valence-corrected chi connectivity index (χ2v) is 9.23. The van der Waals surface area contributed by atoms with E-state index in [4.69, 9.17) is 0 Å². The second kappa shape index (κ2) is 8.54. The molecule has 0 atom stereocenters. The van der Waals surface area contributed by atoms with Crippen molar-refractivity contribution in [3.63, 3.8) is 0 Å². The second-order valence-electron chi connectivity index (χ2n) is 7.52. The lowest BCUT2D eigenvalue weighted by molar-refractivity contribution is -0.171. The Kier molecular flexibility index (Phi) is 6.48. The summed E-state index contributed by atoms with van der Waals surface area (Å²) in [5, 5.41) is 0. The summed E-state index contributed by atoms with van der Waals surface area (Å²) in [4.78, 5) is 23.4. The molecule has 7 nitrogen and oxygen atoms in total. The van der Waals surface area contributed by atoms with Gasteiger partial charge in [-0.15, -0.1) is 0 Å². The third kappa shape index (κ3) is 5.00. The number of halogens is 6. The quantitative estimate of drug-likeness (QED) is 0.664. The zero-order chi connectivity index (χ0) is 23.9. The van der Waals surface area contributed by atoms with Crippen LogP contribution in [0.3, 0.4) is 0 Å². The van der Waals surface area contributed by atoms with Crippen molar-refractivity contribution in [1.29, 1.82) is 0 Å². The predicted octanol–water partition coefficient (Wildman–Crippen LogP) is 3.10. The number of nitrogens with zero attached hydrogens (tertiary/aromatic N) is 2. The lowest BCUT2D eigenvalue weighted by Crippen LogP contribution is -2.52. The molecule has 32 heavy (non-hydrogen) atoms. The van der Waals surface area contributed by atoms with Crippen molar-refractivity contribution in [2.24, 2.45) is 0 Å². The van der Waals surface area contributed by atoms with E-state index in [-0.39, 0.29) is 15.8 Å². The van der Waals surface area contributed by atoms with Crippen molar-refractivity contribution < 1.29 is 44.3 Å². The highest BCUT2D eigenvalue weighted by molar-refractivity contribution is 7.89. The van der Waals surface area contributed by atoms with Gasteiger partial charge in [-0.05, 0) is 31.0 Å². The molecule has 14 heteroatoms. The molecule has 0 saturated heterocycles. The normalized spacial score (nSPS) is 18.4. The number of sulfonamides is 1. The SMILES string of the molecule is O=C(N1CCN(C(=O)C(F)(F)F)c2cc(S(=O)(=O)NC3CCCCC3)ccc21)C(F)(F)F. The van der Waals surface area contributed by atoms with Gasteiger partial charge in [-0.1, -0.05) is 19.3 Å². The van der Waals surface area contributed by atoms with Crippen LogP contribution in [0.5, 0.6) is 0 Å². The third-order valence-electron chi connectivity index (χ3n) is 5.29. The minimum absolute atomic E-state index is 0.134. The summed E-state index contributed by atoms with van der Waals surface area (Å²) in [6.45, 7) is -1.74. The molecule has 1 heterocycles. The predicted molar refractivity (Wildman–Crippen MR) is 100 cm³/mol. The van der Waals surface area contributed by atoms with Gasteiger partial charge in [-0.25, -0.2) is 13.1 Å². The van der Waals surface area contributed by atoms with Crippen LogP contribution >= 0.6 is 0 Å². The maximum atomic E-state index is 13.0. The van der Waals surface area contributed by atoms with Crippen molar-refractivity contribution in [2.45, 2.75) is 55.4 Å². The number of carbonyl (C=O) groups is 2. The van der Waals surface area contributed by atoms with E-state index in [0.29, 0.717) is 18.9 Å². The fourth-order valence-electron chi connectivity index (χ4n) is 3.79. The summed E-state index contributed by atoms with van der Waals surface area (Å²) in [6.07, 6.45) is -7.02. The van der Waals surface area contributed by atoms with Crippen molar-refractivity contribution in [3.05, 3.63) is 18.2 Å². The number of amides is 2. The molecule has 1 aromatic carbocycles. The Hall–Kier alpha value is -2.35. The van der Waals surface area contributed by atoms with Crippen molar-refractivity contribution in [3.8, 4) is 0 Å². The molecule has 1 aromatic rings. The standard InChI is InChI=1S/C18H19F6N3O4S/c19-17(20,21)15(28)26-8-9-27(16(29)18(22,23)24)14-10-12(6-7-13(14)26)32(30,31)25-11-4-2-1-3-5-11/h6-7,10-11,25H,1-5,8-9H2. The number of rotatable bonds is 3. The summed E-state index contributed by atoms with van der Waals surface area (Å²) < 4.78 is 106. The van der Waals surface area contributed by atoms with Gasteiger partial charge >= 0.3 is 24.2 Å². The topological polar surface area (TPSA) is 86.8 Å². The fourth-order valence-corrected chi connectivity index (χ4v) is 5.12. The van der Waals surface area contributed by atoms with E-state index in [1.807, 2.05) is 0 Å². The average molecular weight is 487 g/mol. The molecule has 1 N–H and O–H groups in total. The molecule has 1 aliphatic carbocycles. The van der Waals surface area contributed by atoms with E-state index in [9.17, 15) is 44.3 Å². The van der Waals surface area contributed by atoms with Crippen LogP contribution < -0.4 is 14.5 Å². The molecule has 0 aromatic heterocycles. The maximum absolute atomic E-state index is 13.0. The molecule has 0 spiro atoms. The molecular formula is C18H19F6N3O4S. The van der Waals surface area contributed by atoms with Crippen LogP contribution in [0.1, 0.15) is 32.1 Å². The van der Waals surface area contributed by atoms with Crippen molar-refractivity contribution >= 4 is 33.2 Å². The number of nitrogens with one attached hydrogen (secondary N) is 1. The van der Waals surface area contributed by atoms with E-state index in [1.54, 1.807) is 0 Å². The molecule has 0 unspecified atom stereocenters. The van der Waals surface area contributed by atoms with Crippen LogP contribution in [-0.4, -0.2) is 51.7 Å². The van der Waals surface area contributed by atoms with Gasteiger partial charge in [0, 0.05) is 19.1 Å². The molecule has 2 amide bonds. The summed E-state index contributed by atoms with van der Waals surface area (Å²) in [7, 11) is -4.24. The Labute approximate surface area is 179 Å². The number of carbonyl (C=O) groups excluding carboxylic acids is 2. The number of hydrogen-bond donors (Lipinski definition) is 1. The minimum Gasteiger partial charge on any atom is -0.301 e. The van der Waals surface area contributed by atoms with Crippen LogP contribution in [0.15, 0.2) is 23.1 Å². The summed E-state index contributed by atoms with van der Waals surface area (Å²) in [5.41, 5.74) is -1.39. The van der Waals surface area contributed by atoms with Crippen LogP contribution in [-0.2, 0) is 19.6 Å². The van der Waals surface area contributed by atoms with Crippen LogP contribution in [0.25, 0.3) is 0 Å². The van der Waals surface area contributed by atoms with Gasteiger partial charge in [-0.3, -0.25) is 9.59 Å². The van der Waals surface area contributed by atoms with Gasteiger partial charge in [0.15, 0.2) is 0 Å². The van der Waals surface area contributed by atoms with Crippen molar-refractivity contribution in [1.82, 2.24) is 4.72 Å². The zero-order valence-corrected chi connectivity index (χ0v) is 17.3. The Morgan fingerprint density at radius 2 is 1.34 bits per heavy atom. The van der Waals surface area contributed by atoms with Gasteiger partial charge in [0.05, 0.1) is 16.3 Å². The van der Waals surface area contributed by atoms with E-state index in [1.165, 1.54) is 0 Å². The van der Waals surface area contributed by atoms with Gasteiger partial charge in [0.1, 0.15) is 0 Å². The fraction of sp³-hybridized carbons (Fsp3) is 0.556. The molecule has 1 fully saturated rings. The first kappa shape index (κ1) is 24.3. The highest BCUT2D eigenvalue weighted by Gasteiger charge is 2.49. The highest BCUT2D eigenvalue weighted by atomic mass is 32.2. The van der Waals surface area contributed by atoms with Gasteiger partial charge in [0.25, 0.3) is 0 Å². The van der Waals surface area contributed by atoms with Crippen molar-refractivity contribution in [2.75, 3.05) is 22.9 Å². The Bertz CT molecular complexity index is 1000. The van der Waals surface area contributed by atoms with Gasteiger partial charge < -0.3 is 9.80 Å². The third-order valence-corrected chi connectivity index (χ3v) is 6.81. The van der Waals surface area contributed by atoms with Crippen LogP contribution in [0.2, 0.25) is 0 Å². The highest BCUT2D eigenvalue weighted by Crippen LogP contribution is 2.39. The minimum atomic E-state index is -5.36. The number of benzene rings is 1. The zero-order valence-electron chi connectivity index (χ0n) is 16.5. The monoisotopic (exact) mass is 487 g/mol. The molecule has 1 aliphatic heterocycles. The van der Waals surface area contributed by atoms with Crippen LogP contribution in [0.4, 0.5) is 37.7 Å². The number of hydrogen-bond acceptors (Lipinski definition) is 4. The molecular weight excluding hydrogens is 468 g/mol. The van der Waals surface area contributed by atoms with E-state index in [2.05, 4.69) is 4.72 Å². The Morgan fingerprint density at radius 1 is 0.844 bits per heavy atom. The first-order chi connectivity index (χ1) is 14.7. The summed E-state index contributed by atoms with van der Waals surface area (Å²) in [6, 6.07) is 1.98. The summed E-state index contributed by atoms with van der Waals surface area (Å²) >= 11 is 0. The van der Waals surface area contributed by atoms with E-state index in [0.717, 1.165) is 31.4 Å². The number of anilines is 2. The van der Waals surface area contributed by atoms with Gasteiger partial charge in [0.2, 0.25) is 10.0 Å². The van der Waals surface area contributed by atoms with Gasteiger partial charge in [-0.2, -0.15) is 26.3 Å². The lowest BCUT2D eigenvalue weighted by atomic mass is 9.96. The molecule has 2 aliphatic rings. The molecule has 0 radical (unpaired) electrons. The molecule has 0 bridgehead atoms. The molecule has 178 valence electrons. The van der Waals surface area contributed by atoms with E-state index < -0.39 is 63.6 Å². The Balaban J connectivity index is 2.04.